The van der Waals surface area contributed by atoms with Crippen LogP contribution in [0.15, 0.2) is 40.9 Å². The maximum absolute atomic E-state index is 12.5. The molecule has 2 aromatic rings. The van der Waals surface area contributed by atoms with E-state index in [9.17, 15) is 4.79 Å². The van der Waals surface area contributed by atoms with Crippen molar-refractivity contribution in [1.29, 1.82) is 0 Å². The van der Waals surface area contributed by atoms with Gasteiger partial charge in [0.2, 0.25) is 0 Å². The number of nitrogens with two attached hydrogens (primary N) is 1. The van der Waals surface area contributed by atoms with Crippen molar-refractivity contribution in [2.24, 2.45) is 0 Å². The minimum Gasteiger partial charge on any atom is -0.493 e. The van der Waals surface area contributed by atoms with Crippen molar-refractivity contribution in [2.45, 2.75) is 13.8 Å². The lowest BCUT2D eigenvalue weighted by atomic mass is 10.1. The molecule has 1 amide bonds. The molecule has 0 aliphatic rings. The summed E-state index contributed by atoms with van der Waals surface area (Å²) in [6, 6.07) is 10.9. The molecule has 4 nitrogen and oxygen atoms in total. The second-order valence-electron chi connectivity index (χ2n) is 4.59. The Bertz CT molecular complexity index is 671. The number of rotatable bonds is 4. The summed E-state index contributed by atoms with van der Waals surface area (Å²) in [5, 5.41) is 2.85. The van der Waals surface area contributed by atoms with Crippen LogP contribution in [0.4, 0.5) is 11.4 Å². The molecule has 0 spiro atoms. The van der Waals surface area contributed by atoms with Crippen molar-refractivity contribution >= 4 is 33.2 Å². The smallest absolute Gasteiger partial charge is 0.261 e. The highest BCUT2D eigenvalue weighted by Crippen LogP contribution is 2.28. The standard InChI is InChI=1S/C16H17BrN2O2/c1-3-21-14-6-4-5-12(18)15(14)16(20)19-13-8-7-10(2)9-11(13)17/h4-9H,3,18H2,1-2H3,(H,19,20). The van der Waals surface area contributed by atoms with E-state index in [1.54, 1.807) is 18.2 Å². The summed E-state index contributed by atoms with van der Waals surface area (Å²) in [6.45, 7) is 4.32. The normalized spacial score (nSPS) is 10.2. The van der Waals surface area contributed by atoms with Crippen LogP contribution in [0, 0.1) is 6.92 Å². The van der Waals surface area contributed by atoms with Gasteiger partial charge in [0.05, 0.1) is 12.3 Å². The van der Waals surface area contributed by atoms with E-state index in [-0.39, 0.29) is 5.91 Å². The van der Waals surface area contributed by atoms with Crippen LogP contribution in [0.5, 0.6) is 5.75 Å². The fourth-order valence-electron chi connectivity index (χ4n) is 1.97. The number of nitrogen functional groups attached to an aromatic ring is 1. The lowest BCUT2D eigenvalue weighted by molar-refractivity contribution is 0.102. The van der Waals surface area contributed by atoms with Crippen molar-refractivity contribution in [1.82, 2.24) is 0 Å². The third-order valence-electron chi connectivity index (χ3n) is 2.96. The van der Waals surface area contributed by atoms with Crippen LogP contribution in [0.2, 0.25) is 0 Å². The number of carbonyl (C=O) groups is 1. The quantitative estimate of drug-likeness (QED) is 0.821. The molecule has 2 rings (SSSR count). The fraction of sp³-hybridized carbons (Fsp3) is 0.188. The Morgan fingerprint density at radius 2 is 2.10 bits per heavy atom. The van der Waals surface area contributed by atoms with Gasteiger partial charge in [0.15, 0.2) is 0 Å². The van der Waals surface area contributed by atoms with E-state index >= 15 is 0 Å². The number of halogens is 1. The zero-order valence-electron chi connectivity index (χ0n) is 11.9. The van der Waals surface area contributed by atoms with E-state index in [0.717, 1.165) is 10.0 Å². The number of amides is 1. The van der Waals surface area contributed by atoms with Crippen molar-refractivity contribution in [3.05, 3.63) is 52.0 Å². The molecule has 21 heavy (non-hydrogen) atoms. The number of ether oxygens (including phenoxy) is 1. The molecule has 0 saturated carbocycles. The Labute approximate surface area is 132 Å². The minimum atomic E-state index is -0.291. The molecule has 0 aromatic heterocycles. The largest absolute Gasteiger partial charge is 0.493 e. The lowest BCUT2D eigenvalue weighted by Crippen LogP contribution is -2.16. The van der Waals surface area contributed by atoms with Crippen molar-refractivity contribution in [3.8, 4) is 5.75 Å². The maximum atomic E-state index is 12.5. The average molecular weight is 349 g/mol. The van der Waals surface area contributed by atoms with Crippen LogP contribution in [0.25, 0.3) is 0 Å². The fourth-order valence-corrected chi connectivity index (χ4v) is 2.57. The van der Waals surface area contributed by atoms with Crippen LogP contribution in [-0.4, -0.2) is 12.5 Å². The van der Waals surface area contributed by atoms with Crippen molar-refractivity contribution < 1.29 is 9.53 Å². The molecule has 110 valence electrons. The summed E-state index contributed by atoms with van der Waals surface area (Å²) in [6.07, 6.45) is 0. The molecule has 0 fully saturated rings. The Hall–Kier alpha value is -2.01. The average Bonchev–Trinajstić information content (AvgIpc) is 2.42. The zero-order chi connectivity index (χ0) is 15.4. The molecule has 3 N–H and O–H groups in total. The van der Waals surface area contributed by atoms with Gasteiger partial charge in [-0.3, -0.25) is 4.79 Å². The highest BCUT2D eigenvalue weighted by molar-refractivity contribution is 9.10. The Morgan fingerprint density at radius 3 is 2.76 bits per heavy atom. The van der Waals surface area contributed by atoms with Gasteiger partial charge in [-0.2, -0.15) is 0 Å². The molecule has 0 heterocycles. The Kier molecular flexibility index (Phi) is 4.85. The van der Waals surface area contributed by atoms with Crippen LogP contribution in [0.1, 0.15) is 22.8 Å². The van der Waals surface area contributed by atoms with Crippen molar-refractivity contribution in [3.63, 3.8) is 0 Å². The van der Waals surface area contributed by atoms with E-state index in [2.05, 4.69) is 21.2 Å². The number of benzene rings is 2. The van der Waals surface area contributed by atoms with Crippen LogP contribution in [-0.2, 0) is 0 Å². The predicted octanol–water partition coefficient (Wildman–Crippen LogP) is 3.99. The van der Waals surface area contributed by atoms with Gasteiger partial charge >= 0.3 is 0 Å². The van der Waals surface area contributed by atoms with E-state index < -0.39 is 0 Å². The van der Waals surface area contributed by atoms with Gasteiger partial charge < -0.3 is 15.8 Å². The molecular formula is C16H17BrN2O2. The monoisotopic (exact) mass is 348 g/mol. The molecule has 0 radical (unpaired) electrons. The molecular weight excluding hydrogens is 332 g/mol. The zero-order valence-corrected chi connectivity index (χ0v) is 13.5. The summed E-state index contributed by atoms with van der Waals surface area (Å²) in [5.74, 6) is 0.194. The lowest BCUT2D eigenvalue weighted by Gasteiger charge is -2.13. The molecule has 0 bridgehead atoms. The first kappa shape index (κ1) is 15.4. The van der Waals surface area contributed by atoms with Crippen molar-refractivity contribution in [2.75, 3.05) is 17.7 Å². The third-order valence-corrected chi connectivity index (χ3v) is 3.61. The first-order chi connectivity index (χ1) is 10.0. The molecule has 0 aliphatic carbocycles. The van der Waals surface area contributed by atoms with Crippen LogP contribution in [0.3, 0.4) is 0 Å². The highest BCUT2D eigenvalue weighted by atomic mass is 79.9. The summed E-state index contributed by atoms with van der Waals surface area (Å²) >= 11 is 3.44. The molecule has 0 saturated heterocycles. The second kappa shape index (κ2) is 6.63. The molecule has 2 aromatic carbocycles. The Balaban J connectivity index is 2.32. The molecule has 5 heteroatoms. The summed E-state index contributed by atoms with van der Waals surface area (Å²) in [7, 11) is 0. The SMILES string of the molecule is CCOc1cccc(N)c1C(=O)Nc1ccc(C)cc1Br. The van der Waals surface area contributed by atoms with Crippen LogP contribution < -0.4 is 15.8 Å². The highest BCUT2D eigenvalue weighted by Gasteiger charge is 2.17. The molecule has 0 aliphatic heterocycles. The topological polar surface area (TPSA) is 64.3 Å². The van der Waals surface area contributed by atoms with E-state index in [0.29, 0.717) is 29.3 Å². The number of anilines is 2. The van der Waals surface area contributed by atoms with E-state index in [4.69, 9.17) is 10.5 Å². The summed E-state index contributed by atoms with van der Waals surface area (Å²) < 4.78 is 6.30. The van der Waals surface area contributed by atoms with Gasteiger partial charge in [0.25, 0.3) is 5.91 Å². The number of nitrogens with one attached hydrogen (secondary N) is 1. The Morgan fingerprint density at radius 1 is 1.33 bits per heavy atom. The summed E-state index contributed by atoms with van der Waals surface area (Å²) in [5.41, 5.74) is 8.46. The van der Waals surface area contributed by atoms with Gasteiger partial charge in [0, 0.05) is 10.2 Å². The van der Waals surface area contributed by atoms with Gasteiger partial charge in [-0.1, -0.05) is 12.1 Å². The van der Waals surface area contributed by atoms with Gasteiger partial charge in [-0.25, -0.2) is 0 Å². The van der Waals surface area contributed by atoms with Gasteiger partial charge in [-0.05, 0) is 59.6 Å². The minimum absolute atomic E-state index is 0.291. The third kappa shape index (κ3) is 3.55. The molecule has 0 atom stereocenters. The van der Waals surface area contributed by atoms with E-state index in [1.165, 1.54) is 0 Å². The molecule has 0 unspecified atom stereocenters. The number of hydrogen-bond donors (Lipinski definition) is 2. The number of carbonyl (C=O) groups excluding carboxylic acids is 1. The summed E-state index contributed by atoms with van der Waals surface area (Å²) in [4.78, 5) is 12.5. The predicted molar refractivity (Wildman–Crippen MR) is 88.9 cm³/mol. The first-order valence-corrected chi connectivity index (χ1v) is 7.41. The number of hydrogen-bond acceptors (Lipinski definition) is 3. The second-order valence-corrected chi connectivity index (χ2v) is 5.45. The maximum Gasteiger partial charge on any atom is 0.261 e. The number of aryl methyl sites for hydroxylation is 1. The van der Waals surface area contributed by atoms with Gasteiger partial charge in [-0.15, -0.1) is 0 Å². The van der Waals surface area contributed by atoms with Gasteiger partial charge in [0.1, 0.15) is 11.3 Å². The van der Waals surface area contributed by atoms with E-state index in [1.807, 2.05) is 32.0 Å². The van der Waals surface area contributed by atoms with Crippen LogP contribution >= 0.6 is 15.9 Å². The first-order valence-electron chi connectivity index (χ1n) is 6.61.